The third-order valence-corrected chi connectivity index (χ3v) is 4.46. The first-order chi connectivity index (χ1) is 13.4. The molecule has 0 unspecified atom stereocenters. The van der Waals surface area contributed by atoms with Crippen molar-refractivity contribution in [3.05, 3.63) is 29.8 Å². The van der Waals surface area contributed by atoms with Gasteiger partial charge in [0.2, 0.25) is 0 Å². The Kier molecular flexibility index (Phi) is 11.3. The Labute approximate surface area is 191 Å². The van der Waals surface area contributed by atoms with Crippen LogP contribution in [-0.4, -0.2) is 56.9 Å². The number of hydrogen-bond donors (Lipinski definition) is 3. The smallest absolute Gasteiger partial charge is 0.258 e. The highest BCUT2D eigenvalue weighted by Crippen LogP contribution is 2.18. The quantitative estimate of drug-likeness (QED) is 0.238. The highest BCUT2D eigenvalue weighted by atomic mass is 127. The van der Waals surface area contributed by atoms with E-state index in [2.05, 4.69) is 20.9 Å². The normalized spacial score (nSPS) is 14.0. The van der Waals surface area contributed by atoms with E-state index in [1.165, 1.54) is 5.56 Å². The first-order valence-electron chi connectivity index (χ1n) is 10.0. The lowest BCUT2D eigenvalue weighted by Crippen LogP contribution is -2.40. The van der Waals surface area contributed by atoms with E-state index in [9.17, 15) is 4.79 Å². The number of benzene rings is 1. The second kappa shape index (κ2) is 12.9. The van der Waals surface area contributed by atoms with Crippen LogP contribution in [-0.2, 0) is 16.0 Å². The van der Waals surface area contributed by atoms with Gasteiger partial charge in [0.25, 0.3) is 5.91 Å². The summed E-state index contributed by atoms with van der Waals surface area (Å²) in [5.41, 5.74) is 0.906. The number of hydrogen-bond acceptors (Lipinski definition) is 4. The monoisotopic (exact) mass is 518 g/mol. The number of halogens is 1. The Morgan fingerprint density at radius 2 is 1.90 bits per heavy atom. The van der Waals surface area contributed by atoms with E-state index in [-0.39, 0.29) is 42.1 Å². The molecule has 1 aromatic rings. The van der Waals surface area contributed by atoms with Gasteiger partial charge in [0, 0.05) is 26.2 Å². The van der Waals surface area contributed by atoms with E-state index in [4.69, 9.17) is 9.47 Å². The van der Waals surface area contributed by atoms with Gasteiger partial charge in [0.1, 0.15) is 5.75 Å². The molecule has 0 bridgehead atoms. The molecule has 0 saturated heterocycles. The predicted octanol–water partition coefficient (Wildman–Crippen LogP) is 2.48. The molecule has 0 heterocycles. The van der Waals surface area contributed by atoms with Gasteiger partial charge in [-0.3, -0.25) is 9.79 Å². The van der Waals surface area contributed by atoms with Crippen molar-refractivity contribution in [3.63, 3.8) is 0 Å². The summed E-state index contributed by atoms with van der Waals surface area (Å²) in [6.07, 6.45) is 3.03. The lowest BCUT2D eigenvalue weighted by atomic mass is 10.1. The van der Waals surface area contributed by atoms with E-state index >= 15 is 0 Å². The summed E-state index contributed by atoms with van der Waals surface area (Å²) in [5.74, 6) is 1.44. The van der Waals surface area contributed by atoms with Crippen LogP contribution in [0.15, 0.2) is 29.3 Å². The minimum absolute atomic E-state index is 0. The number of rotatable bonds is 11. The molecule has 0 radical (unpaired) electrons. The number of carbonyl (C=O) groups excluding carboxylic acids is 1. The lowest BCUT2D eigenvalue weighted by Gasteiger charge is -2.21. The topological polar surface area (TPSA) is 84.0 Å². The highest BCUT2D eigenvalue weighted by Gasteiger charge is 2.23. The summed E-state index contributed by atoms with van der Waals surface area (Å²) >= 11 is 0. The number of ether oxygens (including phenoxy) is 2. The van der Waals surface area contributed by atoms with Crippen LogP contribution in [0.3, 0.4) is 0 Å². The van der Waals surface area contributed by atoms with E-state index in [1.54, 1.807) is 7.11 Å². The van der Waals surface area contributed by atoms with Crippen LogP contribution in [0.1, 0.15) is 39.2 Å². The Hall–Kier alpha value is -1.55. The molecule has 0 spiro atoms. The second-order valence-corrected chi connectivity index (χ2v) is 7.61. The van der Waals surface area contributed by atoms with Crippen molar-refractivity contribution in [1.82, 2.24) is 16.0 Å². The average Bonchev–Trinajstić information content (AvgIpc) is 3.49. The van der Waals surface area contributed by atoms with Crippen LogP contribution >= 0.6 is 24.0 Å². The van der Waals surface area contributed by atoms with Crippen LogP contribution < -0.4 is 20.7 Å². The fraction of sp³-hybridized carbons (Fsp3) is 0.619. The number of carbonyl (C=O) groups is 1. The summed E-state index contributed by atoms with van der Waals surface area (Å²) in [5, 5.41) is 9.50. The zero-order valence-corrected chi connectivity index (χ0v) is 20.2. The third-order valence-electron chi connectivity index (χ3n) is 4.46. The summed E-state index contributed by atoms with van der Waals surface area (Å²) in [4.78, 5) is 16.2. The molecule has 0 aromatic heterocycles. The van der Waals surface area contributed by atoms with Crippen LogP contribution in [0, 0.1) is 0 Å². The predicted molar refractivity (Wildman–Crippen MR) is 127 cm³/mol. The standard InChI is InChI=1S/C21H34N4O3.HI/c1-5-22-20(24-15-21(2,3)27-4)23-13-12-16-6-10-18(11-7-16)28-14-19(26)25-17-8-9-17;/h6-7,10-11,17H,5,8-9,12-15H2,1-4H3,(H,25,26)(H2,22,23,24);1H. The molecular formula is C21H35IN4O3. The van der Waals surface area contributed by atoms with Gasteiger partial charge < -0.3 is 25.4 Å². The number of nitrogens with one attached hydrogen (secondary N) is 3. The molecule has 29 heavy (non-hydrogen) atoms. The number of amides is 1. The highest BCUT2D eigenvalue weighted by molar-refractivity contribution is 14.0. The van der Waals surface area contributed by atoms with Gasteiger partial charge in [0.05, 0.1) is 12.1 Å². The third kappa shape index (κ3) is 10.7. The van der Waals surface area contributed by atoms with E-state index in [1.807, 2.05) is 45.0 Å². The van der Waals surface area contributed by atoms with E-state index < -0.39 is 0 Å². The molecule has 7 nitrogen and oxygen atoms in total. The van der Waals surface area contributed by atoms with Crippen molar-refractivity contribution >= 4 is 35.8 Å². The SMILES string of the molecule is CCNC(=NCC(C)(C)OC)NCCc1ccc(OCC(=O)NC2CC2)cc1.I. The molecule has 0 atom stereocenters. The summed E-state index contributed by atoms with van der Waals surface area (Å²) in [6.45, 7) is 8.29. The zero-order chi connectivity index (χ0) is 20.4. The molecule has 1 aliphatic rings. The van der Waals surface area contributed by atoms with Gasteiger partial charge in [-0.25, -0.2) is 0 Å². The molecule has 1 aliphatic carbocycles. The Balaban J connectivity index is 0.00000420. The summed E-state index contributed by atoms with van der Waals surface area (Å²) < 4.78 is 10.9. The molecule has 1 fully saturated rings. The number of guanidine groups is 1. The number of nitrogens with zero attached hydrogens (tertiary/aromatic N) is 1. The van der Waals surface area contributed by atoms with Crippen molar-refractivity contribution in [2.75, 3.05) is 33.4 Å². The zero-order valence-electron chi connectivity index (χ0n) is 17.9. The number of methoxy groups -OCH3 is 1. The van der Waals surface area contributed by atoms with Crippen LogP contribution in [0.2, 0.25) is 0 Å². The van der Waals surface area contributed by atoms with Crippen LogP contribution in [0.4, 0.5) is 0 Å². The van der Waals surface area contributed by atoms with Crippen molar-refractivity contribution in [2.24, 2.45) is 4.99 Å². The van der Waals surface area contributed by atoms with Crippen molar-refractivity contribution in [2.45, 2.75) is 51.7 Å². The average molecular weight is 518 g/mol. The fourth-order valence-corrected chi connectivity index (χ4v) is 2.40. The van der Waals surface area contributed by atoms with Gasteiger partial charge in [0.15, 0.2) is 12.6 Å². The molecule has 8 heteroatoms. The molecule has 2 rings (SSSR count). The summed E-state index contributed by atoms with van der Waals surface area (Å²) in [7, 11) is 1.70. The number of aliphatic imine (C=N–C) groups is 1. The molecule has 1 aromatic carbocycles. The van der Waals surface area contributed by atoms with Crippen molar-refractivity contribution in [1.29, 1.82) is 0 Å². The molecule has 0 aliphatic heterocycles. The summed E-state index contributed by atoms with van der Waals surface area (Å²) in [6, 6.07) is 8.21. The van der Waals surface area contributed by atoms with Gasteiger partial charge in [-0.2, -0.15) is 0 Å². The maximum atomic E-state index is 11.7. The van der Waals surface area contributed by atoms with Crippen LogP contribution in [0.25, 0.3) is 0 Å². The molecule has 1 amide bonds. The lowest BCUT2D eigenvalue weighted by molar-refractivity contribution is -0.123. The molecule has 164 valence electrons. The minimum atomic E-state index is -0.284. The first-order valence-corrected chi connectivity index (χ1v) is 10.0. The molecule has 3 N–H and O–H groups in total. The van der Waals surface area contributed by atoms with E-state index in [0.717, 1.165) is 38.3 Å². The Morgan fingerprint density at radius 1 is 1.21 bits per heavy atom. The maximum Gasteiger partial charge on any atom is 0.258 e. The van der Waals surface area contributed by atoms with Crippen molar-refractivity contribution < 1.29 is 14.3 Å². The minimum Gasteiger partial charge on any atom is -0.484 e. The van der Waals surface area contributed by atoms with Gasteiger partial charge in [-0.1, -0.05) is 12.1 Å². The Morgan fingerprint density at radius 3 is 2.48 bits per heavy atom. The molecule has 1 saturated carbocycles. The first kappa shape index (κ1) is 25.5. The van der Waals surface area contributed by atoms with Gasteiger partial charge in [-0.15, -0.1) is 24.0 Å². The second-order valence-electron chi connectivity index (χ2n) is 7.61. The Bertz CT molecular complexity index is 646. The van der Waals surface area contributed by atoms with E-state index in [0.29, 0.717) is 18.3 Å². The van der Waals surface area contributed by atoms with Gasteiger partial charge >= 0.3 is 0 Å². The maximum absolute atomic E-state index is 11.7. The van der Waals surface area contributed by atoms with Crippen molar-refractivity contribution in [3.8, 4) is 5.75 Å². The largest absolute Gasteiger partial charge is 0.484 e. The molecular weight excluding hydrogens is 483 g/mol. The fourth-order valence-electron chi connectivity index (χ4n) is 2.40. The van der Waals surface area contributed by atoms with Crippen LogP contribution in [0.5, 0.6) is 5.75 Å². The van der Waals surface area contributed by atoms with Gasteiger partial charge in [-0.05, 0) is 57.7 Å².